The van der Waals surface area contributed by atoms with Gasteiger partial charge in [0.2, 0.25) is 0 Å². The average Bonchev–Trinajstić information content (AvgIpc) is 1.85. The molecule has 1 aliphatic heterocycles. The Morgan fingerprint density at radius 3 is 2.62 bits per heavy atom. The standard InChI is InChI=1S/C6H8O2/c1-4-3-6(7)5(2)8-4/h3,5,7H,1H2,2H3. The lowest BCUT2D eigenvalue weighted by Crippen LogP contribution is -2.01. The fraction of sp³-hybridized carbons (Fsp3) is 0.333. The smallest absolute Gasteiger partial charge is 0.152 e. The normalized spacial score (nSPS) is 27.4. The van der Waals surface area contributed by atoms with Crippen LogP contribution in [0, 0.1) is 0 Å². The molecule has 2 nitrogen and oxygen atoms in total. The fourth-order valence-corrected chi connectivity index (χ4v) is 0.604. The maximum Gasteiger partial charge on any atom is 0.152 e. The third kappa shape index (κ3) is 0.689. The molecule has 0 saturated heterocycles. The maximum absolute atomic E-state index is 8.84. The van der Waals surface area contributed by atoms with Gasteiger partial charge in [0.1, 0.15) is 11.5 Å². The van der Waals surface area contributed by atoms with E-state index in [0.29, 0.717) is 5.76 Å². The van der Waals surface area contributed by atoms with Gasteiger partial charge in [-0.3, -0.25) is 0 Å². The quantitative estimate of drug-likeness (QED) is 0.512. The Bertz CT molecular complexity index is 147. The van der Waals surface area contributed by atoms with E-state index >= 15 is 0 Å². The molecule has 0 aromatic heterocycles. The van der Waals surface area contributed by atoms with Gasteiger partial charge in [-0.1, -0.05) is 6.58 Å². The predicted octanol–water partition coefficient (Wildman–Crippen LogP) is 1.36. The second-order valence-electron chi connectivity index (χ2n) is 1.80. The number of hydrogen-bond acceptors (Lipinski definition) is 2. The highest BCUT2D eigenvalue weighted by Gasteiger charge is 2.15. The number of allylic oxidation sites excluding steroid dienone is 1. The first-order chi connectivity index (χ1) is 3.70. The van der Waals surface area contributed by atoms with E-state index in [2.05, 4.69) is 6.58 Å². The summed E-state index contributed by atoms with van der Waals surface area (Å²) in [6.45, 7) is 5.26. The first-order valence-electron chi connectivity index (χ1n) is 2.46. The first-order valence-corrected chi connectivity index (χ1v) is 2.46. The van der Waals surface area contributed by atoms with Crippen LogP contribution in [0.1, 0.15) is 6.92 Å². The van der Waals surface area contributed by atoms with Gasteiger partial charge < -0.3 is 9.84 Å². The number of hydrogen-bond donors (Lipinski definition) is 1. The first kappa shape index (κ1) is 5.22. The van der Waals surface area contributed by atoms with Crippen molar-refractivity contribution in [1.29, 1.82) is 0 Å². The Labute approximate surface area is 48.1 Å². The molecular formula is C6H8O2. The lowest BCUT2D eigenvalue weighted by atomic mass is 10.3. The maximum atomic E-state index is 8.84. The summed E-state index contributed by atoms with van der Waals surface area (Å²) in [6, 6.07) is 0. The summed E-state index contributed by atoms with van der Waals surface area (Å²) in [6.07, 6.45) is 1.33. The number of ether oxygens (including phenoxy) is 1. The zero-order valence-corrected chi connectivity index (χ0v) is 4.72. The molecule has 0 amide bonds. The third-order valence-corrected chi connectivity index (χ3v) is 1.05. The largest absolute Gasteiger partial charge is 0.508 e. The summed E-state index contributed by atoms with van der Waals surface area (Å²) >= 11 is 0. The van der Waals surface area contributed by atoms with Crippen molar-refractivity contribution in [3.63, 3.8) is 0 Å². The molecule has 0 radical (unpaired) electrons. The number of rotatable bonds is 0. The molecule has 44 valence electrons. The van der Waals surface area contributed by atoms with Crippen LogP contribution in [0.2, 0.25) is 0 Å². The van der Waals surface area contributed by atoms with Crippen LogP contribution in [-0.2, 0) is 4.74 Å². The van der Waals surface area contributed by atoms with Gasteiger partial charge in [0.15, 0.2) is 6.10 Å². The van der Waals surface area contributed by atoms with E-state index in [1.165, 1.54) is 6.08 Å². The third-order valence-electron chi connectivity index (χ3n) is 1.05. The van der Waals surface area contributed by atoms with Crippen LogP contribution < -0.4 is 0 Å². The van der Waals surface area contributed by atoms with Gasteiger partial charge in [0, 0.05) is 6.08 Å². The van der Waals surface area contributed by atoms with Gasteiger partial charge in [-0.2, -0.15) is 0 Å². The van der Waals surface area contributed by atoms with Gasteiger partial charge in [0.25, 0.3) is 0 Å². The molecule has 0 fully saturated rings. The summed E-state index contributed by atoms with van der Waals surface area (Å²) in [5.74, 6) is 0.796. The van der Waals surface area contributed by atoms with Crippen molar-refractivity contribution in [3.8, 4) is 0 Å². The van der Waals surface area contributed by atoms with Crippen LogP contribution in [0.3, 0.4) is 0 Å². The number of aliphatic hydroxyl groups is 1. The van der Waals surface area contributed by atoms with E-state index in [1.54, 1.807) is 6.92 Å². The van der Waals surface area contributed by atoms with Crippen molar-refractivity contribution in [2.45, 2.75) is 13.0 Å². The van der Waals surface area contributed by atoms with Crippen LogP contribution in [0.5, 0.6) is 0 Å². The monoisotopic (exact) mass is 112 g/mol. The Morgan fingerprint density at radius 1 is 1.88 bits per heavy atom. The lowest BCUT2D eigenvalue weighted by molar-refractivity contribution is 0.154. The molecule has 1 atom stereocenters. The highest BCUT2D eigenvalue weighted by atomic mass is 16.5. The fourth-order valence-electron chi connectivity index (χ4n) is 0.604. The average molecular weight is 112 g/mol. The molecule has 0 aliphatic carbocycles. The van der Waals surface area contributed by atoms with Crippen molar-refractivity contribution >= 4 is 0 Å². The highest BCUT2D eigenvalue weighted by Crippen LogP contribution is 2.17. The Hall–Kier alpha value is -0.920. The molecule has 1 N–H and O–H groups in total. The Morgan fingerprint density at radius 2 is 2.50 bits per heavy atom. The van der Waals surface area contributed by atoms with Gasteiger partial charge in [0.05, 0.1) is 0 Å². The minimum absolute atomic E-state index is 0.192. The van der Waals surface area contributed by atoms with Crippen LogP contribution >= 0.6 is 0 Å². The molecule has 0 bridgehead atoms. The molecule has 1 aliphatic rings. The van der Waals surface area contributed by atoms with Gasteiger partial charge in [-0.05, 0) is 6.92 Å². The van der Waals surface area contributed by atoms with Gasteiger partial charge >= 0.3 is 0 Å². The summed E-state index contributed by atoms with van der Waals surface area (Å²) in [7, 11) is 0. The van der Waals surface area contributed by atoms with E-state index in [9.17, 15) is 0 Å². The van der Waals surface area contributed by atoms with Crippen molar-refractivity contribution in [2.75, 3.05) is 0 Å². The van der Waals surface area contributed by atoms with E-state index in [-0.39, 0.29) is 11.9 Å². The topological polar surface area (TPSA) is 29.5 Å². The molecule has 0 aromatic carbocycles. The lowest BCUT2D eigenvalue weighted by Gasteiger charge is -2.02. The minimum atomic E-state index is -0.192. The van der Waals surface area contributed by atoms with Crippen molar-refractivity contribution in [1.82, 2.24) is 0 Å². The zero-order valence-electron chi connectivity index (χ0n) is 4.72. The predicted molar refractivity (Wildman–Crippen MR) is 30.4 cm³/mol. The second-order valence-corrected chi connectivity index (χ2v) is 1.80. The highest BCUT2D eigenvalue weighted by molar-refractivity contribution is 5.19. The van der Waals surface area contributed by atoms with E-state index in [4.69, 9.17) is 9.84 Å². The van der Waals surface area contributed by atoms with Gasteiger partial charge in [-0.25, -0.2) is 0 Å². The molecule has 8 heavy (non-hydrogen) atoms. The van der Waals surface area contributed by atoms with Crippen molar-refractivity contribution in [2.24, 2.45) is 0 Å². The molecule has 1 rings (SSSR count). The number of aliphatic hydroxyl groups excluding tert-OH is 1. The minimum Gasteiger partial charge on any atom is -0.508 e. The Balaban J connectivity index is 2.73. The summed E-state index contributed by atoms with van der Waals surface area (Å²) in [4.78, 5) is 0. The summed E-state index contributed by atoms with van der Waals surface area (Å²) in [5, 5.41) is 8.84. The van der Waals surface area contributed by atoms with E-state index < -0.39 is 0 Å². The molecule has 0 saturated carbocycles. The van der Waals surface area contributed by atoms with Crippen LogP contribution in [0.25, 0.3) is 0 Å². The summed E-state index contributed by atoms with van der Waals surface area (Å²) in [5.41, 5.74) is 0. The summed E-state index contributed by atoms with van der Waals surface area (Å²) < 4.78 is 4.94. The Kier molecular flexibility index (Phi) is 1.01. The zero-order chi connectivity index (χ0) is 6.15. The SMILES string of the molecule is C=C1C=C(O)C(C)O1. The second kappa shape index (κ2) is 1.54. The molecule has 1 unspecified atom stereocenters. The van der Waals surface area contributed by atoms with Crippen LogP contribution in [-0.4, -0.2) is 11.2 Å². The molecule has 2 heteroatoms. The van der Waals surface area contributed by atoms with E-state index in [1.807, 2.05) is 0 Å². The van der Waals surface area contributed by atoms with Crippen molar-refractivity contribution in [3.05, 3.63) is 24.2 Å². The van der Waals surface area contributed by atoms with E-state index in [0.717, 1.165) is 0 Å². The molecule has 0 spiro atoms. The molecular weight excluding hydrogens is 104 g/mol. The van der Waals surface area contributed by atoms with Crippen LogP contribution in [0.15, 0.2) is 24.2 Å². The van der Waals surface area contributed by atoms with Crippen molar-refractivity contribution < 1.29 is 9.84 Å². The molecule has 0 aromatic rings. The van der Waals surface area contributed by atoms with Gasteiger partial charge in [-0.15, -0.1) is 0 Å². The molecule has 1 heterocycles. The van der Waals surface area contributed by atoms with Crippen LogP contribution in [0.4, 0.5) is 0 Å².